The van der Waals surface area contributed by atoms with Crippen LogP contribution in [0.5, 0.6) is 0 Å². The Hall–Kier alpha value is -1.26. The Bertz CT molecular complexity index is 609. The van der Waals surface area contributed by atoms with Gasteiger partial charge in [-0.3, -0.25) is 0 Å². The van der Waals surface area contributed by atoms with E-state index in [1.165, 1.54) is 24.9 Å². The van der Waals surface area contributed by atoms with Crippen LogP contribution in [0.4, 0.5) is 17.2 Å². The van der Waals surface area contributed by atoms with E-state index in [0.29, 0.717) is 10.8 Å². The SMILES string of the molecule is Clc1cc(Br)cnc1Nc1ccc(N2CCCCC2)cc1. The zero-order valence-electron chi connectivity index (χ0n) is 11.6. The van der Waals surface area contributed by atoms with Crippen molar-refractivity contribution in [3.8, 4) is 0 Å². The topological polar surface area (TPSA) is 28.2 Å². The van der Waals surface area contributed by atoms with E-state index in [4.69, 9.17) is 11.6 Å². The van der Waals surface area contributed by atoms with E-state index in [2.05, 4.69) is 55.4 Å². The average molecular weight is 367 g/mol. The molecule has 110 valence electrons. The number of piperidine rings is 1. The van der Waals surface area contributed by atoms with Gasteiger partial charge in [-0.1, -0.05) is 11.6 Å². The first-order chi connectivity index (χ1) is 10.2. The summed E-state index contributed by atoms with van der Waals surface area (Å²) in [5.74, 6) is 0.672. The highest BCUT2D eigenvalue weighted by molar-refractivity contribution is 9.10. The van der Waals surface area contributed by atoms with Crippen molar-refractivity contribution >= 4 is 44.7 Å². The van der Waals surface area contributed by atoms with Crippen molar-refractivity contribution in [1.29, 1.82) is 0 Å². The van der Waals surface area contributed by atoms with Crippen LogP contribution in [0.1, 0.15) is 19.3 Å². The second kappa shape index (κ2) is 6.67. The van der Waals surface area contributed by atoms with Crippen LogP contribution in [0.15, 0.2) is 41.0 Å². The molecule has 0 saturated carbocycles. The molecule has 0 radical (unpaired) electrons. The van der Waals surface area contributed by atoms with E-state index in [9.17, 15) is 0 Å². The molecule has 1 aromatic carbocycles. The molecule has 2 aromatic rings. The first-order valence-electron chi connectivity index (χ1n) is 7.15. The van der Waals surface area contributed by atoms with E-state index in [1.54, 1.807) is 6.20 Å². The molecule has 1 aliphatic rings. The third-order valence-corrected chi connectivity index (χ3v) is 4.38. The van der Waals surface area contributed by atoms with Gasteiger partial charge in [0.2, 0.25) is 0 Å². The third kappa shape index (κ3) is 3.69. The summed E-state index contributed by atoms with van der Waals surface area (Å²) in [6.45, 7) is 2.32. The van der Waals surface area contributed by atoms with Gasteiger partial charge in [-0.2, -0.15) is 0 Å². The standard InChI is InChI=1S/C16H17BrClN3/c17-12-10-15(18)16(19-11-12)20-13-4-6-14(7-5-13)21-8-2-1-3-9-21/h4-7,10-11H,1-3,8-9H2,(H,19,20). The zero-order valence-corrected chi connectivity index (χ0v) is 14.0. The van der Waals surface area contributed by atoms with Crippen LogP contribution in [0.25, 0.3) is 0 Å². The van der Waals surface area contributed by atoms with Gasteiger partial charge in [0.25, 0.3) is 0 Å². The van der Waals surface area contributed by atoms with Gasteiger partial charge in [-0.15, -0.1) is 0 Å². The molecule has 3 nitrogen and oxygen atoms in total. The summed E-state index contributed by atoms with van der Waals surface area (Å²) in [6, 6.07) is 10.3. The maximum atomic E-state index is 6.17. The van der Waals surface area contributed by atoms with Crippen LogP contribution in [0.2, 0.25) is 5.02 Å². The van der Waals surface area contributed by atoms with E-state index in [-0.39, 0.29) is 0 Å². The van der Waals surface area contributed by atoms with Gasteiger partial charge in [0.1, 0.15) is 5.82 Å². The predicted octanol–water partition coefficient (Wildman–Crippen LogP) is 5.23. The minimum Gasteiger partial charge on any atom is -0.372 e. The maximum Gasteiger partial charge on any atom is 0.149 e. The molecule has 0 aliphatic carbocycles. The first-order valence-corrected chi connectivity index (χ1v) is 8.32. The Morgan fingerprint density at radius 2 is 1.81 bits per heavy atom. The average Bonchev–Trinajstić information content (AvgIpc) is 2.52. The molecule has 0 bridgehead atoms. The second-order valence-corrected chi connectivity index (χ2v) is 6.53. The smallest absolute Gasteiger partial charge is 0.149 e. The number of aromatic nitrogens is 1. The van der Waals surface area contributed by atoms with Crippen molar-refractivity contribution in [3.05, 3.63) is 46.0 Å². The van der Waals surface area contributed by atoms with Gasteiger partial charge < -0.3 is 10.2 Å². The molecule has 2 heterocycles. The number of pyridine rings is 1. The summed E-state index contributed by atoms with van der Waals surface area (Å²) < 4.78 is 0.874. The highest BCUT2D eigenvalue weighted by Crippen LogP contribution is 2.27. The van der Waals surface area contributed by atoms with Crippen molar-refractivity contribution in [1.82, 2.24) is 4.98 Å². The van der Waals surface area contributed by atoms with Gasteiger partial charge in [0, 0.05) is 35.1 Å². The number of nitrogens with zero attached hydrogens (tertiary/aromatic N) is 2. The van der Waals surface area contributed by atoms with Gasteiger partial charge >= 0.3 is 0 Å². The van der Waals surface area contributed by atoms with E-state index in [0.717, 1.165) is 23.2 Å². The number of nitrogens with one attached hydrogen (secondary N) is 1. The summed E-state index contributed by atoms with van der Waals surface area (Å²) >= 11 is 9.52. The summed E-state index contributed by atoms with van der Waals surface area (Å²) in [6.07, 6.45) is 5.66. The summed E-state index contributed by atoms with van der Waals surface area (Å²) in [7, 11) is 0. The molecular weight excluding hydrogens is 350 g/mol. The number of halogens is 2. The molecule has 21 heavy (non-hydrogen) atoms. The lowest BCUT2D eigenvalue weighted by atomic mass is 10.1. The van der Waals surface area contributed by atoms with Crippen molar-refractivity contribution in [2.45, 2.75) is 19.3 Å². The Labute approximate surface area is 138 Å². The Morgan fingerprint density at radius 3 is 2.48 bits per heavy atom. The molecule has 1 fully saturated rings. The van der Waals surface area contributed by atoms with Gasteiger partial charge in [0.05, 0.1) is 5.02 Å². The molecular formula is C16H17BrClN3. The van der Waals surface area contributed by atoms with Gasteiger partial charge in [0.15, 0.2) is 0 Å². The third-order valence-electron chi connectivity index (χ3n) is 3.66. The first kappa shape index (κ1) is 14.7. The van der Waals surface area contributed by atoms with Crippen LogP contribution in [0.3, 0.4) is 0 Å². The second-order valence-electron chi connectivity index (χ2n) is 5.20. The molecule has 0 spiro atoms. The fraction of sp³-hybridized carbons (Fsp3) is 0.312. The van der Waals surface area contributed by atoms with Crippen LogP contribution in [-0.2, 0) is 0 Å². The molecule has 0 unspecified atom stereocenters. The minimum absolute atomic E-state index is 0.601. The lowest BCUT2D eigenvalue weighted by molar-refractivity contribution is 0.578. The Balaban J connectivity index is 1.71. The lowest BCUT2D eigenvalue weighted by Gasteiger charge is -2.28. The van der Waals surface area contributed by atoms with Crippen LogP contribution in [0, 0.1) is 0 Å². The van der Waals surface area contributed by atoms with E-state index < -0.39 is 0 Å². The van der Waals surface area contributed by atoms with Gasteiger partial charge in [-0.05, 0) is 65.5 Å². The quantitative estimate of drug-likeness (QED) is 0.806. The van der Waals surface area contributed by atoms with Gasteiger partial charge in [-0.25, -0.2) is 4.98 Å². The Kier molecular flexibility index (Phi) is 4.66. The van der Waals surface area contributed by atoms with Crippen molar-refractivity contribution in [3.63, 3.8) is 0 Å². The number of hydrogen-bond donors (Lipinski definition) is 1. The lowest BCUT2D eigenvalue weighted by Crippen LogP contribution is -2.29. The summed E-state index contributed by atoms with van der Waals surface area (Å²) in [5, 5.41) is 3.85. The maximum absolute atomic E-state index is 6.17. The minimum atomic E-state index is 0.601. The van der Waals surface area contributed by atoms with Crippen LogP contribution in [-0.4, -0.2) is 18.1 Å². The number of anilines is 3. The number of benzene rings is 1. The number of hydrogen-bond acceptors (Lipinski definition) is 3. The zero-order chi connectivity index (χ0) is 14.7. The molecule has 3 rings (SSSR count). The molecule has 0 atom stereocenters. The largest absolute Gasteiger partial charge is 0.372 e. The summed E-state index contributed by atoms with van der Waals surface area (Å²) in [4.78, 5) is 6.73. The van der Waals surface area contributed by atoms with Crippen molar-refractivity contribution in [2.24, 2.45) is 0 Å². The summed E-state index contributed by atoms with van der Waals surface area (Å²) in [5.41, 5.74) is 2.28. The van der Waals surface area contributed by atoms with E-state index in [1.807, 2.05) is 6.07 Å². The van der Waals surface area contributed by atoms with Crippen molar-refractivity contribution < 1.29 is 0 Å². The molecule has 0 amide bonds. The highest BCUT2D eigenvalue weighted by Gasteiger charge is 2.10. The Morgan fingerprint density at radius 1 is 1.10 bits per heavy atom. The molecule has 1 saturated heterocycles. The molecule has 1 aliphatic heterocycles. The molecule has 1 N–H and O–H groups in total. The normalized spacial score (nSPS) is 15.0. The monoisotopic (exact) mass is 365 g/mol. The predicted molar refractivity (Wildman–Crippen MR) is 92.7 cm³/mol. The molecule has 5 heteroatoms. The molecule has 1 aromatic heterocycles. The van der Waals surface area contributed by atoms with E-state index >= 15 is 0 Å². The fourth-order valence-electron chi connectivity index (χ4n) is 2.55. The van der Waals surface area contributed by atoms with Crippen LogP contribution >= 0.6 is 27.5 Å². The highest BCUT2D eigenvalue weighted by atomic mass is 79.9. The van der Waals surface area contributed by atoms with Crippen molar-refractivity contribution in [2.75, 3.05) is 23.3 Å². The fourth-order valence-corrected chi connectivity index (χ4v) is 3.23. The number of rotatable bonds is 3. The van der Waals surface area contributed by atoms with Crippen LogP contribution < -0.4 is 10.2 Å².